The van der Waals surface area contributed by atoms with Crippen molar-refractivity contribution in [1.29, 1.82) is 0 Å². The van der Waals surface area contributed by atoms with Gasteiger partial charge in [0.25, 0.3) is 0 Å². The van der Waals surface area contributed by atoms with Gasteiger partial charge in [-0.1, -0.05) is 18.2 Å². The Labute approximate surface area is 107 Å². The second-order valence-corrected chi connectivity index (χ2v) is 4.93. The topological polar surface area (TPSA) is 49.8 Å². The van der Waals surface area contributed by atoms with Crippen LogP contribution in [0.25, 0.3) is 0 Å². The zero-order valence-corrected chi connectivity index (χ0v) is 10.7. The first-order valence-electron chi connectivity index (χ1n) is 6.28. The molecule has 0 spiro atoms. The second-order valence-electron chi connectivity index (χ2n) is 4.93. The Bertz CT molecular complexity index is 405. The van der Waals surface area contributed by atoms with E-state index >= 15 is 0 Å². The van der Waals surface area contributed by atoms with Crippen molar-refractivity contribution < 1.29 is 14.6 Å². The van der Waals surface area contributed by atoms with Crippen LogP contribution in [0.3, 0.4) is 0 Å². The zero-order chi connectivity index (χ0) is 13.1. The Balaban J connectivity index is 2.03. The SMILES string of the molecule is CC(C)N1C[C@@H](Oc2ccccc2)C[C@H]1C(=O)O. The molecule has 0 saturated carbocycles. The van der Waals surface area contributed by atoms with E-state index in [4.69, 9.17) is 4.74 Å². The minimum atomic E-state index is -0.761. The van der Waals surface area contributed by atoms with Gasteiger partial charge < -0.3 is 9.84 Å². The van der Waals surface area contributed by atoms with E-state index in [0.29, 0.717) is 13.0 Å². The second kappa shape index (κ2) is 5.40. The molecule has 1 saturated heterocycles. The molecule has 2 rings (SSSR count). The first-order valence-corrected chi connectivity index (χ1v) is 6.28. The van der Waals surface area contributed by atoms with Crippen LogP contribution in [-0.2, 0) is 4.79 Å². The van der Waals surface area contributed by atoms with Gasteiger partial charge >= 0.3 is 5.97 Å². The number of benzene rings is 1. The minimum absolute atomic E-state index is 0.0455. The van der Waals surface area contributed by atoms with Crippen molar-refractivity contribution in [2.75, 3.05) is 6.54 Å². The lowest BCUT2D eigenvalue weighted by Crippen LogP contribution is -2.40. The highest BCUT2D eigenvalue weighted by Gasteiger charge is 2.39. The molecule has 1 aliphatic heterocycles. The predicted octanol–water partition coefficient (Wildman–Crippen LogP) is 2.00. The molecule has 0 radical (unpaired) electrons. The summed E-state index contributed by atoms with van der Waals surface area (Å²) in [5, 5.41) is 9.22. The molecule has 98 valence electrons. The van der Waals surface area contributed by atoms with Crippen LogP contribution in [0.4, 0.5) is 0 Å². The molecular weight excluding hydrogens is 230 g/mol. The van der Waals surface area contributed by atoms with Crippen LogP contribution < -0.4 is 4.74 Å². The average molecular weight is 249 g/mol. The highest BCUT2D eigenvalue weighted by atomic mass is 16.5. The molecule has 4 heteroatoms. The lowest BCUT2D eigenvalue weighted by molar-refractivity contribution is -0.142. The van der Waals surface area contributed by atoms with Crippen LogP contribution in [0.5, 0.6) is 5.75 Å². The van der Waals surface area contributed by atoms with Gasteiger partial charge in [-0.3, -0.25) is 9.69 Å². The number of likely N-dealkylation sites (tertiary alicyclic amines) is 1. The van der Waals surface area contributed by atoms with Crippen LogP contribution in [-0.4, -0.2) is 40.7 Å². The number of aliphatic carboxylic acids is 1. The molecule has 1 heterocycles. The summed E-state index contributed by atoms with van der Waals surface area (Å²) in [6, 6.07) is 9.34. The van der Waals surface area contributed by atoms with E-state index in [2.05, 4.69) is 0 Å². The molecule has 2 atom stereocenters. The van der Waals surface area contributed by atoms with Crippen molar-refractivity contribution in [3.05, 3.63) is 30.3 Å². The Morgan fingerprint density at radius 2 is 2.06 bits per heavy atom. The smallest absolute Gasteiger partial charge is 0.321 e. The average Bonchev–Trinajstić information content (AvgIpc) is 2.74. The van der Waals surface area contributed by atoms with Gasteiger partial charge in [-0.05, 0) is 26.0 Å². The van der Waals surface area contributed by atoms with E-state index in [9.17, 15) is 9.90 Å². The maximum Gasteiger partial charge on any atom is 0.321 e. The van der Waals surface area contributed by atoms with Crippen LogP contribution in [0.15, 0.2) is 30.3 Å². The van der Waals surface area contributed by atoms with Gasteiger partial charge in [0.2, 0.25) is 0 Å². The number of ether oxygens (including phenoxy) is 1. The molecule has 1 N–H and O–H groups in total. The number of carbonyl (C=O) groups is 1. The monoisotopic (exact) mass is 249 g/mol. The molecule has 0 aliphatic carbocycles. The Kier molecular flexibility index (Phi) is 3.87. The summed E-state index contributed by atoms with van der Waals surface area (Å²) in [5.41, 5.74) is 0. The fourth-order valence-corrected chi connectivity index (χ4v) is 2.41. The fourth-order valence-electron chi connectivity index (χ4n) is 2.41. The molecule has 0 aromatic heterocycles. The molecule has 0 amide bonds. The van der Waals surface area contributed by atoms with Crippen molar-refractivity contribution >= 4 is 5.97 Å². The third kappa shape index (κ3) is 2.82. The highest BCUT2D eigenvalue weighted by Crippen LogP contribution is 2.24. The highest BCUT2D eigenvalue weighted by molar-refractivity contribution is 5.74. The summed E-state index contributed by atoms with van der Waals surface area (Å²) in [7, 11) is 0. The summed E-state index contributed by atoms with van der Waals surface area (Å²) in [4.78, 5) is 13.2. The Morgan fingerprint density at radius 3 is 2.56 bits per heavy atom. The van der Waals surface area contributed by atoms with Gasteiger partial charge in [0.05, 0.1) is 0 Å². The standard InChI is InChI=1S/C14H19NO3/c1-10(2)15-9-12(8-13(15)14(16)17)18-11-6-4-3-5-7-11/h3-7,10,12-13H,8-9H2,1-2H3,(H,16,17)/t12-,13-/m0/s1. The molecule has 1 aromatic carbocycles. The quantitative estimate of drug-likeness (QED) is 0.886. The van der Waals surface area contributed by atoms with Gasteiger partial charge in [-0.25, -0.2) is 0 Å². The van der Waals surface area contributed by atoms with Crippen molar-refractivity contribution in [2.45, 2.75) is 38.5 Å². The summed E-state index contributed by atoms with van der Waals surface area (Å²) in [6.07, 6.45) is 0.499. The van der Waals surface area contributed by atoms with Crippen LogP contribution in [0.1, 0.15) is 20.3 Å². The van der Waals surface area contributed by atoms with Crippen LogP contribution in [0.2, 0.25) is 0 Å². The number of rotatable bonds is 4. The number of hydrogen-bond acceptors (Lipinski definition) is 3. The maximum atomic E-state index is 11.2. The van der Waals surface area contributed by atoms with Gasteiger partial charge in [0.1, 0.15) is 17.9 Å². The van der Waals surface area contributed by atoms with Crippen molar-refractivity contribution in [3.8, 4) is 5.75 Å². The van der Waals surface area contributed by atoms with E-state index in [1.807, 2.05) is 49.1 Å². The predicted molar refractivity (Wildman–Crippen MR) is 68.7 cm³/mol. The van der Waals surface area contributed by atoms with E-state index in [1.165, 1.54) is 0 Å². The maximum absolute atomic E-state index is 11.2. The molecule has 0 unspecified atom stereocenters. The minimum Gasteiger partial charge on any atom is -0.489 e. The number of carboxylic acid groups (broad SMARTS) is 1. The third-order valence-corrected chi connectivity index (χ3v) is 3.30. The van der Waals surface area contributed by atoms with E-state index in [0.717, 1.165) is 5.75 Å². The molecule has 4 nitrogen and oxygen atoms in total. The molecule has 0 bridgehead atoms. The lowest BCUT2D eigenvalue weighted by Gasteiger charge is -2.24. The summed E-state index contributed by atoms with van der Waals surface area (Å²) >= 11 is 0. The van der Waals surface area contributed by atoms with Gasteiger partial charge in [0.15, 0.2) is 0 Å². The molecular formula is C14H19NO3. The third-order valence-electron chi connectivity index (χ3n) is 3.30. The Hall–Kier alpha value is -1.55. The first kappa shape index (κ1) is 12.9. The summed E-state index contributed by atoms with van der Waals surface area (Å²) in [5.74, 6) is 0.0418. The zero-order valence-electron chi connectivity index (χ0n) is 10.7. The van der Waals surface area contributed by atoms with Gasteiger partial charge in [-0.2, -0.15) is 0 Å². The van der Waals surface area contributed by atoms with Crippen LogP contribution in [0, 0.1) is 0 Å². The molecule has 1 fully saturated rings. The first-order chi connectivity index (χ1) is 8.58. The van der Waals surface area contributed by atoms with Crippen LogP contribution >= 0.6 is 0 Å². The Morgan fingerprint density at radius 1 is 1.39 bits per heavy atom. The fraction of sp³-hybridized carbons (Fsp3) is 0.500. The molecule has 18 heavy (non-hydrogen) atoms. The normalized spacial score (nSPS) is 24.4. The van der Waals surface area contributed by atoms with Crippen molar-refractivity contribution in [2.24, 2.45) is 0 Å². The van der Waals surface area contributed by atoms with E-state index in [-0.39, 0.29) is 12.1 Å². The van der Waals surface area contributed by atoms with E-state index in [1.54, 1.807) is 0 Å². The number of carboxylic acids is 1. The summed E-state index contributed by atoms with van der Waals surface area (Å²) < 4.78 is 5.83. The number of para-hydroxylation sites is 1. The molecule has 1 aliphatic rings. The van der Waals surface area contributed by atoms with E-state index < -0.39 is 12.0 Å². The van der Waals surface area contributed by atoms with Crippen molar-refractivity contribution in [3.63, 3.8) is 0 Å². The largest absolute Gasteiger partial charge is 0.489 e. The number of nitrogens with zero attached hydrogens (tertiary/aromatic N) is 1. The summed E-state index contributed by atoms with van der Waals surface area (Å²) in [6.45, 7) is 4.70. The number of hydrogen-bond donors (Lipinski definition) is 1. The lowest BCUT2D eigenvalue weighted by atomic mass is 10.2. The van der Waals surface area contributed by atoms with Gasteiger partial charge in [0, 0.05) is 19.0 Å². The van der Waals surface area contributed by atoms with Gasteiger partial charge in [-0.15, -0.1) is 0 Å². The van der Waals surface area contributed by atoms with Crippen molar-refractivity contribution in [1.82, 2.24) is 4.90 Å². The molecule has 1 aromatic rings.